The third kappa shape index (κ3) is 2.50. The lowest BCUT2D eigenvalue weighted by Gasteiger charge is -2.15. The van der Waals surface area contributed by atoms with Gasteiger partial charge >= 0.3 is 0 Å². The molecule has 1 rings (SSSR count). The van der Waals surface area contributed by atoms with Gasteiger partial charge in [0.1, 0.15) is 5.75 Å². The molecule has 0 N–H and O–H groups in total. The monoisotopic (exact) mass is 203 g/mol. The minimum Gasteiger partial charge on any atom is -0.496 e. The van der Waals surface area contributed by atoms with Gasteiger partial charge in [-0.25, -0.2) is 0 Å². The summed E-state index contributed by atoms with van der Waals surface area (Å²) in [6.07, 6.45) is 0. The van der Waals surface area contributed by atoms with Crippen LogP contribution in [0.25, 0.3) is 0 Å². The van der Waals surface area contributed by atoms with Crippen LogP contribution in [0.15, 0.2) is 18.2 Å². The highest BCUT2D eigenvalue weighted by Gasteiger charge is 2.15. The molecule has 0 spiro atoms. The normalized spacial score (nSPS) is 12.3. The van der Waals surface area contributed by atoms with Crippen LogP contribution in [0, 0.1) is 24.2 Å². The van der Waals surface area contributed by atoms with E-state index in [0.717, 1.165) is 16.9 Å². The topological polar surface area (TPSA) is 33.0 Å². The Morgan fingerprint density at radius 3 is 2.47 bits per heavy atom. The first kappa shape index (κ1) is 11.6. The fraction of sp³-hybridized carbons (Fsp3) is 0.462. The van der Waals surface area contributed by atoms with Gasteiger partial charge in [-0.1, -0.05) is 26.0 Å². The number of nitriles is 1. The molecule has 80 valence electrons. The second-order valence-electron chi connectivity index (χ2n) is 4.08. The van der Waals surface area contributed by atoms with Crippen molar-refractivity contribution in [3.05, 3.63) is 29.3 Å². The largest absolute Gasteiger partial charge is 0.496 e. The molecule has 0 saturated heterocycles. The van der Waals surface area contributed by atoms with Crippen molar-refractivity contribution >= 4 is 0 Å². The number of aryl methyl sites for hydroxylation is 1. The summed E-state index contributed by atoms with van der Waals surface area (Å²) in [6.45, 7) is 6.11. The molecule has 0 aliphatic heterocycles. The summed E-state index contributed by atoms with van der Waals surface area (Å²) >= 11 is 0. The van der Waals surface area contributed by atoms with Gasteiger partial charge in [-0.15, -0.1) is 0 Å². The van der Waals surface area contributed by atoms with Crippen molar-refractivity contribution in [1.82, 2.24) is 0 Å². The predicted molar refractivity (Wildman–Crippen MR) is 60.9 cm³/mol. The van der Waals surface area contributed by atoms with Gasteiger partial charge in [0.15, 0.2) is 0 Å². The molecule has 0 bridgehead atoms. The molecule has 0 saturated carbocycles. The van der Waals surface area contributed by atoms with E-state index in [9.17, 15) is 0 Å². The zero-order valence-electron chi connectivity index (χ0n) is 9.74. The summed E-state index contributed by atoms with van der Waals surface area (Å²) in [7, 11) is 1.66. The summed E-state index contributed by atoms with van der Waals surface area (Å²) < 4.78 is 5.25. The highest BCUT2D eigenvalue weighted by molar-refractivity contribution is 5.39. The minimum atomic E-state index is -0.0560. The van der Waals surface area contributed by atoms with E-state index >= 15 is 0 Å². The maximum Gasteiger partial charge on any atom is 0.122 e. The van der Waals surface area contributed by atoms with Gasteiger partial charge in [0, 0.05) is 0 Å². The Morgan fingerprint density at radius 1 is 1.33 bits per heavy atom. The van der Waals surface area contributed by atoms with Crippen LogP contribution in [-0.4, -0.2) is 7.11 Å². The first-order chi connectivity index (χ1) is 7.10. The highest BCUT2D eigenvalue weighted by Crippen LogP contribution is 2.28. The smallest absolute Gasteiger partial charge is 0.122 e. The van der Waals surface area contributed by atoms with E-state index < -0.39 is 0 Å². The quantitative estimate of drug-likeness (QED) is 0.755. The van der Waals surface area contributed by atoms with Crippen LogP contribution < -0.4 is 4.74 Å². The number of ether oxygens (including phenoxy) is 1. The molecule has 0 radical (unpaired) electrons. The van der Waals surface area contributed by atoms with Crippen LogP contribution in [0.5, 0.6) is 5.75 Å². The number of nitrogens with zero attached hydrogens (tertiary/aromatic N) is 1. The van der Waals surface area contributed by atoms with Crippen LogP contribution in [0.4, 0.5) is 0 Å². The molecule has 0 aliphatic carbocycles. The molecule has 1 aromatic carbocycles. The van der Waals surface area contributed by atoms with Crippen molar-refractivity contribution in [3.8, 4) is 11.8 Å². The Bertz CT molecular complexity index is 377. The molecule has 1 atom stereocenters. The molecule has 0 aliphatic rings. The lowest BCUT2D eigenvalue weighted by atomic mass is 9.89. The molecule has 0 aromatic heterocycles. The van der Waals surface area contributed by atoms with Crippen LogP contribution >= 0.6 is 0 Å². The van der Waals surface area contributed by atoms with Gasteiger partial charge in [0.25, 0.3) is 0 Å². The van der Waals surface area contributed by atoms with Crippen LogP contribution in [0.1, 0.15) is 30.9 Å². The van der Waals surface area contributed by atoms with Crippen molar-refractivity contribution in [2.75, 3.05) is 7.11 Å². The van der Waals surface area contributed by atoms with Gasteiger partial charge in [0.05, 0.1) is 19.1 Å². The summed E-state index contributed by atoms with van der Waals surface area (Å²) in [5, 5.41) is 9.09. The van der Waals surface area contributed by atoms with Gasteiger partial charge in [-0.2, -0.15) is 5.26 Å². The number of rotatable bonds is 3. The molecular formula is C13H17NO. The van der Waals surface area contributed by atoms with Gasteiger partial charge < -0.3 is 4.74 Å². The molecule has 1 unspecified atom stereocenters. The lowest BCUT2D eigenvalue weighted by molar-refractivity contribution is 0.410. The second-order valence-corrected chi connectivity index (χ2v) is 4.08. The summed E-state index contributed by atoms with van der Waals surface area (Å²) in [5.74, 6) is 1.12. The number of benzene rings is 1. The van der Waals surface area contributed by atoms with Crippen LogP contribution in [0.2, 0.25) is 0 Å². The molecule has 2 nitrogen and oxygen atoms in total. The van der Waals surface area contributed by atoms with E-state index in [1.807, 2.05) is 25.1 Å². The molecule has 0 fully saturated rings. The Morgan fingerprint density at radius 2 is 2.00 bits per heavy atom. The summed E-state index contributed by atoms with van der Waals surface area (Å²) in [4.78, 5) is 0. The molecule has 0 amide bonds. The van der Waals surface area contributed by atoms with Gasteiger partial charge in [-0.3, -0.25) is 0 Å². The van der Waals surface area contributed by atoms with Crippen molar-refractivity contribution in [2.45, 2.75) is 26.7 Å². The van der Waals surface area contributed by atoms with Crippen LogP contribution in [0.3, 0.4) is 0 Å². The number of methoxy groups -OCH3 is 1. The maximum absolute atomic E-state index is 9.09. The van der Waals surface area contributed by atoms with Crippen molar-refractivity contribution in [1.29, 1.82) is 5.26 Å². The zero-order valence-corrected chi connectivity index (χ0v) is 9.74. The van der Waals surface area contributed by atoms with E-state index in [2.05, 4.69) is 19.9 Å². The van der Waals surface area contributed by atoms with Gasteiger partial charge in [0.2, 0.25) is 0 Å². The van der Waals surface area contributed by atoms with Crippen LogP contribution in [-0.2, 0) is 0 Å². The third-order valence-corrected chi connectivity index (χ3v) is 2.60. The maximum atomic E-state index is 9.09. The molecule has 2 heteroatoms. The highest BCUT2D eigenvalue weighted by atomic mass is 16.5. The molecule has 0 heterocycles. The fourth-order valence-electron chi connectivity index (χ4n) is 1.64. The Labute approximate surface area is 91.5 Å². The molecular weight excluding hydrogens is 186 g/mol. The van der Waals surface area contributed by atoms with Crippen molar-refractivity contribution < 1.29 is 4.74 Å². The Hall–Kier alpha value is -1.49. The Balaban J connectivity index is 3.10. The van der Waals surface area contributed by atoms with E-state index in [1.165, 1.54) is 0 Å². The van der Waals surface area contributed by atoms with E-state index in [-0.39, 0.29) is 5.92 Å². The average molecular weight is 203 g/mol. The number of hydrogen-bond acceptors (Lipinski definition) is 2. The minimum absolute atomic E-state index is 0.0560. The van der Waals surface area contributed by atoms with E-state index in [4.69, 9.17) is 10.00 Å². The standard InChI is InChI=1S/C13H17NO/c1-9(2)12(8-14)11-6-5-10(3)13(7-11)15-4/h5-7,9,12H,1-4H3. The van der Waals surface area contributed by atoms with Gasteiger partial charge in [-0.05, 0) is 30.0 Å². The first-order valence-corrected chi connectivity index (χ1v) is 5.14. The molecule has 1 aromatic rings. The van der Waals surface area contributed by atoms with E-state index in [0.29, 0.717) is 5.92 Å². The summed E-state index contributed by atoms with van der Waals surface area (Å²) in [6, 6.07) is 8.30. The van der Waals surface area contributed by atoms with E-state index in [1.54, 1.807) is 7.11 Å². The Kier molecular flexibility index (Phi) is 3.74. The lowest BCUT2D eigenvalue weighted by Crippen LogP contribution is -2.04. The third-order valence-electron chi connectivity index (χ3n) is 2.60. The predicted octanol–water partition coefficient (Wildman–Crippen LogP) is 3.27. The number of hydrogen-bond donors (Lipinski definition) is 0. The second kappa shape index (κ2) is 4.84. The SMILES string of the molecule is COc1cc(C(C#N)C(C)C)ccc1C. The fourth-order valence-corrected chi connectivity index (χ4v) is 1.64. The van der Waals surface area contributed by atoms with Crippen molar-refractivity contribution in [2.24, 2.45) is 5.92 Å². The first-order valence-electron chi connectivity index (χ1n) is 5.14. The molecule has 15 heavy (non-hydrogen) atoms. The zero-order chi connectivity index (χ0) is 11.4. The summed E-state index contributed by atoms with van der Waals surface area (Å²) in [5.41, 5.74) is 2.14. The average Bonchev–Trinajstić information content (AvgIpc) is 2.21. The van der Waals surface area contributed by atoms with Crippen molar-refractivity contribution in [3.63, 3.8) is 0 Å².